The van der Waals surface area contributed by atoms with Crippen molar-refractivity contribution in [1.82, 2.24) is 10.3 Å². The van der Waals surface area contributed by atoms with E-state index in [1.807, 2.05) is 13.8 Å². The number of carbonyl (C=O) groups excluding carboxylic acids is 1. The summed E-state index contributed by atoms with van der Waals surface area (Å²) >= 11 is 0. The van der Waals surface area contributed by atoms with Gasteiger partial charge in [0.1, 0.15) is 0 Å². The molecule has 0 unspecified atom stereocenters. The van der Waals surface area contributed by atoms with Gasteiger partial charge in [0, 0.05) is 18.4 Å². The molecule has 0 saturated heterocycles. The van der Waals surface area contributed by atoms with Gasteiger partial charge < -0.3 is 5.32 Å². The third kappa shape index (κ3) is 2.86. The molecule has 1 aromatic heterocycles. The summed E-state index contributed by atoms with van der Waals surface area (Å²) in [7, 11) is 0. The summed E-state index contributed by atoms with van der Waals surface area (Å²) in [6.07, 6.45) is 4.16. The van der Waals surface area contributed by atoms with E-state index in [0.717, 1.165) is 6.42 Å². The number of nitrogens with one attached hydrogen (secondary N) is 1. The Bertz CT molecular complexity index is 272. The van der Waals surface area contributed by atoms with Crippen molar-refractivity contribution in [3.63, 3.8) is 0 Å². The van der Waals surface area contributed by atoms with Gasteiger partial charge in [-0.25, -0.2) is 0 Å². The van der Waals surface area contributed by atoms with Crippen molar-refractivity contribution in [2.75, 3.05) is 0 Å². The molecule has 0 aliphatic heterocycles. The third-order valence-corrected chi connectivity index (χ3v) is 1.91. The maximum Gasteiger partial charge on any atom is 0.253 e. The predicted molar refractivity (Wildman–Crippen MR) is 51.5 cm³/mol. The standard InChI is InChI=1S/C10H14N2O/c1-3-8(2)12-10(13)9-5-4-6-11-7-9/h4-8H,3H2,1-2H3,(H,12,13)/t8-/m1/s1. The molecule has 0 aliphatic carbocycles. The second kappa shape index (κ2) is 4.60. The van der Waals surface area contributed by atoms with E-state index in [2.05, 4.69) is 10.3 Å². The van der Waals surface area contributed by atoms with Crippen LogP contribution in [0.4, 0.5) is 0 Å². The zero-order chi connectivity index (χ0) is 9.68. The minimum Gasteiger partial charge on any atom is -0.350 e. The molecular weight excluding hydrogens is 164 g/mol. The minimum absolute atomic E-state index is 0.0533. The molecule has 0 aliphatic rings. The lowest BCUT2D eigenvalue weighted by Crippen LogP contribution is -2.31. The van der Waals surface area contributed by atoms with Crippen LogP contribution in [0.1, 0.15) is 30.6 Å². The molecule has 0 spiro atoms. The molecule has 1 rings (SSSR count). The second-order valence-electron chi connectivity index (χ2n) is 3.02. The Morgan fingerprint density at radius 1 is 1.69 bits per heavy atom. The molecule has 3 nitrogen and oxygen atoms in total. The van der Waals surface area contributed by atoms with Crippen LogP contribution in [0, 0.1) is 0 Å². The molecule has 0 radical (unpaired) electrons. The highest BCUT2D eigenvalue weighted by molar-refractivity contribution is 5.93. The fourth-order valence-corrected chi connectivity index (χ4v) is 0.906. The Hall–Kier alpha value is -1.38. The zero-order valence-corrected chi connectivity index (χ0v) is 7.95. The van der Waals surface area contributed by atoms with Crippen molar-refractivity contribution in [1.29, 1.82) is 0 Å². The number of hydrogen-bond donors (Lipinski definition) is 1. The first kappa shape index (κ1) is 9.71. The van der Waals surface area contributed by atoms with Crippen LogP contribution in [0.2, 0.25) is 0 Å². The van der Waals surface area contributed by atoms with Gasteiger partial charge in [-0.3, -0.25) is 9.78 Å². The molecule has 1 aromatic rings. The number of amides is 1. The molecule has 3 heteroatoms. The summed E-state index contributed by atoms with van der Waals surface area (Å²) < 4.78 is 0. The van der Waals surface area contributed by atoms with Crippen molar-refractivity contribution in [2.45, 2.75) is 26.3 Å². The molecule has 13 heavy (non-hydrogen) atoms. The zero-order valence-electron chi connectivity index (χ0n) is 7.95. The molecule has 0 bridgehead atoms. The largest absolute Gasteiger partial charge is 0.350 e. The first-order chi connectivity index (χ1) is 6.24. The molecule has 70 valence electrons. The van der Waals surface area contributed by atoms with Crippen LogP contribution in [0.3, 0.4) is 0 Å². The average Bonchev–Trinajstić information content (AvgIpc) is 2.19. The van der Waals surface area contributed by atoms with Gasteiger partial charge in [-0.05, 0) is 25.5 Å². The summed E-state index contributed by atoms with van der Waals surface area (Å²) in [4.78, 5) is 15.3. The SMILES string of the molecule is CC[C@@H](C)NC(=O)c1cccnc1. The quantitative estimate of drug-likeness (QED) is 0.764. The molecule has 1 N–H and O–H groups in total. The van der Waals surface area contributed by atoms with Crippen LogP contribution in [-0.2, 0) is 0 Å². The maximum atomic E-state index is 11.5. The molecule has 0 saturated carbocycles. The lowest BCUT2D eigenvalue weighted by Gasteiger charge is -2.10. The van der Waals surface area contributed by atoms with Crippen LogP contribution in [0.25, 0.3) is 0 Å². The third-order valence-electron chi connectivity index (χ3n) is 1.91. The number of carbonyl (C=O) groups is 1. The number of hydrogen-bond acceptors (Lipinski definition) is 2. The van der Waals surface area contributed by atoms with Gasteiger partial charge in [0.05, 0.1) is 5.56 Å². The van der Waals surface area contributed by atoms with E-state index in [4.69, 9.17) is 0 Å². The van der Waals surface area contributed by atoms with Gasteiger partial charge in [-0.2, -0.15) is 0 Å². The minimum atomic E-state index is -0.0533. The number of aromatic nitrogens is 1. The van der Waals surface area contributed by atoms with Gasteiger partial charge >= 0.3 is 0 Å². The first-order valence-electron chi connectivity index (χ1n) is 4.45. The topological polar surface area (TPSA) is 42.0 Å². The van der Waals surface area contributed by atoms with Crippen LogP contribution < -0.4 is 5.32 Å². The summed E-state index contributed by atoms with van der Waals surface area (Å²) in [5, 5.41) is 2.87. The average molecular weight is 178 g/mol. The van der Waals surface area contributed by atoms with Gasteiger partial charge in [-0.1, -0.05) is 6.92 Å². The summed E-state index contributed by atoms with van der Waals surface area (Å²) in [6.45, 7) is 4.02. The van der Waals surface area contributed by atoms with Gasteiger partial charge in [0.15, 0.2) is 0 Å². The van der Waals surface area contributed by atoms with Gasteiger partial charge in [-0.15, -0.1) is 0 Å². The fraction of sp³-hybridized carbons (Fsp3) is 0.400. The van der Waals surface area contributed by atoms with E-state index in [9.17, 15) is 4.79 Å². The molecule has 0 aromatic carbocycles. The summed E-state index contributed by atoms with van der Waals surface area (Å²) in [5.41, 5.74) is 0.614. The highest BCUT2D eigenvalue weighted by Gasteiger charge is 2.06. The van der Waals surface area contributed by atoms with Crippen molar-refractivity contribution >= 4 is 5.91 Å². The Labute approximate surface area is 78.2 Å². The van der Waals surface area contributed by atoms with Crippen molar-refractivity contribution in [3.05, 3.63) is 30.1 Å². The maximum absolute atomic E-state index is 11.5. The Morgan fingerprint density at radius 3 is 3.00 bits per heavy atom. The smallest absolute Gasteiger partial charge is 0.253 e. The molecule has 1 amide bonds. The normalized spacial score (nSPS) is 12.2. The number of nitrogens with zero attached hydrogens (tertiary/aromatic N) is 1. The Kier molecular flexibility index (Phi) is 3.43. The summed E-state index contributed by atoms with van der Waals surface area (Å²) in [5.74, 6) is -0.0533. The van der Waals surface area contributed by atoms with Gasteiger partial charge in [0.2, 0.25) is 0 Å². The molecular formula is C10H14N2O. The Balaban J connectivity index is 2.59. The van der Waals surface area contributed by atoms with E-state index < -0.39 is 0 Å². The lowest BCUT2D eigenvalue weighted by atomic mass is 10.2. The van der Waals surface area contributed by atoms with E-state index in [-0.39, 0.29) is 11.9 Å². The number of pyridine rings is 1. The van der Waals surface area contributed by atoms with E-state index in [0.29, 0.717) is 5.56 Å². The molecule has 0 fully saturated rings. The van der Waals surface area contributed by atoms with Crippen LogP contribution >= 0.6 is 0 Å². The monoisotopic (exact) mass is 178 g/mol. The number of rotatable bonds is 3. The highest BCUT2D eigenvalue weighted by Crippen LogP contribution is 1.97. The Morgan fingerprint density at radius 2 is 2.46 bits per heavy atom. The van der Waals surface area contributed by atoms with Crippen molar-refractivity contribution in [3.8, 4) is 0 Å². The van der Waals surface area contributed by atoms with E-state index in [1.54, 1.807) is 24.5 Å². The van der Waals surface area contributed by atoms with Crippen LogP contribution in [0.15, 0.2) is 24.5 Å². The van der Waals surface area contributed by atoms with Crippen LogP contribution in [-0.4, -0.2) is 16.9 Å². The predicted octanol–water partition coefficient (Wildman–Crippen LogP) is 1.61. The van der Waals surface area contributed by atoms with Gasteiger partial charge in [0.25, 0.3) is 5.91 Å². The van der Waals surface area contributed by atoms with Crippen molar-refractivity contribution < 1.29 is 4.79 Å². The van der Waals surface area contributed by atoms with Crippen molar-refractivity contribution in [2.24, 2.45) is 0 Å². The highest BCUT2D eigenvalue weighted by atomic mass is 16.1. The summed E-state index contributed by atoms with van der Waals surface area (Å²) in [6, 6.07) is 3.73. The van der Waals surface area contributed by atoms with Crippen LogP contribution in [0.5, 0.6) is 0 Å². The van der Waals surface area contributed by atoms with E-state index >= 15 is 0 Å². The molecule has 1 atom stereocenters. The van der Waals surface area contributed by atoms with E-state index in [1.165, 1.54) is 0 Å². The lowest BCUT2D eigenvalue weighted by molar-refractivity contribution is 0.0939. The fourth-order valence-electron chi connectivity index (χ4n) is 0.906. The second-order valence-corrected chi connectivity index (χ2v) is 3.02. The first-order valence-corrected chi connectivity index (χ1v) is 4.45. The molecule has 1 heterocycles.